The van der Waals surface area contributed by atoms with E-state index in [1.807, 2.05) is 26.0 Å². The summed E-state index contributed by atoms with van der Waals surface area (Å²) in [5.74, 6) is -0.0849. The molecule has 2 aromatic carbocycles. The minimum Gasteiger partial charge on any atom is -0.491 e. The number of nitro groups is 1. The third kappa shape index (κ3) is 5.58. The Morgan fingerprint density at radius 3 is 2.68 bits per heavy atom. The van der Waals surface area contributed by atoms with Crippen molar-refractivity contribution in [3.05, 3.63) is 101 Å². The predicted molar refractivity (Wildman–Crippen MR) is 142 cm³/mol. The van der Waals surface area contributed by atoms with Gasteiger partial charge < -0.3 is 14.2 Å². The second kappa shape index (κ2) is 11.5. The van der Waals surface area contributed by atoms with Crippen LogP contribution < -0.4 is 19.6 Å². The molecular formula is C27H27N3O7S. The number of esters is 1. The molecule has 0 saturated heterocycles. The number of para-hydroxylation sites is 1. The molecule has 0 aliphatic carbocycles. The van der Waals surface area contributed by atoms with E-state index in [1.54, 1.807) is 37.3 Å². The minimum atomic E-state index is -0.858. The van der Waals surface area contributed by atoms with Crippen molar-refractivity contribution in [2.24, 2.45) is 4.99 Å². The fourth-order valence-electron chi connectivity index (χ4n) is 4.12. The van der Waals surface area contributed by atoms with Crippen LogP contribution in [0, 0.1) is 10.1 Å². The molecule has 0 spiro atoms. The predicted octanol–water partition coefficient (Wildman–Crippen LogP) is 3.12. The number of aromatic nitrogens is 1. The molecule has 38 heavy (non-hydrogen) atoms. The summed E-state index contributed by atoms with van der Waals surface area (Å²) in [6.07, 6.45) is 1.43. The molecule has 0 amide bonds. The molecule has 1 aliphatic heterocycles. The lowest BCUT2D eigenvalue weighted by molar-refractivity contribution is -0.384. The number of allylic oxidation sites excluding steroid dienone is 1. The van der Waals surface area contributed by atoms with E-state index in [4.69, 9.17) is 14.2 Å². The van der Waals surface area contributed by atoms with Crippen LogP contribution in [0.25, 0.3) is 6.08 Å². The number of nitrogens with zero attached hydrogens (tertiary/aromatic N) is 3. The van der Waals surface area contributed by atoms with Gasteiger partial charge in [-0.1, -0.05) is 41.7 Å². The van der Waals surface area contributed by atoms with E-state index >= 15 is 0 Å². The molecule has 0 unspecified atom stereocenters. The Bertz CT molecular complexity index is 1590. The van der Waals surface area contributed by atoms with E-state index in [-0.39, 0.29) is 36.1 Å². The maximum Gasteiger partial charge on any atom is 0.338 e. The number of carbonyl (C=O) groups excluding carboxylic acids is 1. The molecule has 0 radical (unpaired) electrons. The summed E-state index contributed by atoms with van der Waals surface area (Å²) < 4.78 is 18.3. The fourth-order valence-corrected chi connectivity index (χ4v) is 5.17. The topological polar surface area (TPSA) is 122 Å². The van der Waals surface area contributed by atoms with Gasteiger partial charge in [-0.3, -0.25) is 19.5 Å². The van der Waals surface area contributed by atoms with E-state index in [0.717, 1.165) is 11.3 Å². The lowest BCUT2D eigenvalue weighted by atomic mass is 9.95. The maximum absolute atomic E-state index is 13.8. The lowest BCUT2D eigenvalue weighted by Gasteiger charge is -2.27. The average molecular weight is 538 g/mol. The summed E-state index contributed by atoms with van der Waals surface area (Å²) in [5.41, 5.74) is 1.27. The van der Waals surface area contributed by atoms with Crippen LogP contribution in [-0.4, -0.2) is 41.9 Å². The number of methoxy groups -OCH3 is 1. The number of non-ortho nitro benzene ring substituents is 1. The molecule has 11 heteroatoms. The van der Waals surface area contributed by atoms with E-state index in [1.165, 1.54) is 23.8 Å². The van der Waals surface area contributed by atoms with Crippen molar-refractivity contribution in [1.29, 1.82) is 0 Å². The lowest BCUT2D eigenvalue weighted by Crippen LogP contribution is -2.40. The highest BCUT2D eigenvalue weighted by Crippen LogP contribution is 2.36. The van der Waals surface area contributed by atoms with Gasteiger partial charge in [-0.2, -0.15) is 0 Å². The molecule has 0 fully saturated rings. The van der Waals surface area contributed by atoms with Gasteiger partial charge in [0.2, 0.25) is 0 Å². The van der Waals surface area contributed by atoms with Crippen LogP contribution in [0.2, 0.25) is 0 Å². The highest BCUT2D eigenvalue weighted by atomic mass is 32.1. The third-order valence-electron chi connectivity index (χ3n) is 5.72. The van der Waals surface area contributed by atoms with Crippen LogP contribution in [0.3, 0.4) is 0 Å². The van der Waals surface area contributed by atoms with Gasteiger partial charge in [0.25, 0.3) is 11.2 Å². The number of ether oxygens (including phenoxy) is 3. The van der Waals surface area contributed by atoms with Gasteiger partial charge in [0, 0.05) is 24.8 Å². The molecule has 2 heterocycles. The van der Waals surface area contributed by atoms with Crippen LogP contribution >= 0.6 is 11.3 Å². The molecule has 198 valence electrons. The van der Waals surface area contributed by atoms with E-state index in [2.05, 4.69) is 4.99 Å². The summed E-state index contributed by atoms with van der Waals surface area (Å²) in [6, 6.07) is 12.4. The van der Waals surface area contributed by atoms with Crippen molar-refractivity contribution in [2.75, 3.05) is 20.3 Å². The Balaban J connectivity index is 1.93. The van der Waals surface area contributed by atoms with Gasteiger partial charge >= 0.3 is 5.97 Å². The number of nitro benzene ring substituents is 1. The van der Waals surface area contributed by atoms with Gasteiger partial charge in [-0.05, 0) is 38.5 Å². The zero-order valence-corrected chi connectivity index (χ0v) is 22.2. The zero-order valence-electron chi connectivity index (χ0n) is 21.4. The Morgan fingerprint density at radius 1 is 1.21 bits per heavy atom. The molecule has 0 bridgehead atoms. The first-order valence-electron chi connectivity index (χ1n) is 11.9. The normalized spacial score (nSPS) is 15.3. The smallest absolute Gasteiger partial charge is 0.338 e. The highest BCUT2D eigenvalue weighted by molar-refractivity contribution is 7.07. The second-order valence-corrected chi connectivity index (χ2v) is 9.78. The van der Waals surface area contributed by atoms with Gasteiger partial charge in [0.05, 0.1) is 33.4 Å². The third-order valence-corrected chi connectivity index (χ3v) is 6.70. The molecule has 0 saturated carbocycles. The van der Waals surface area contributed by atoms with E-state index < -0.39 is 16.9 Å². The molecule has 1 aliphatic rings. The summed E-state index contributed by atoms with van der Waals surface area (Å²) in [4.78, 5) is 42.8. The monoisotopic (exact) mass is 537 g/mol. The maximum atomic E-state index is 13.8. The number of thiazole rings is 1. The summed E-state index contributed by atoms with van der Waals surface area (Å²) >= 11 is 1.14. The zero-order chi connectivity index (χ0) is 27.4. The molecule has 1 aromatic heterocycles. The first kappa shape index (κ1) is 27.0. The standard InChI is InChI=1S/C27H27N3O7S/c1-16(2)37-21-11-6-5-10-20(21)24-23(26(32)36-13-12-35-4)17(3)28-27-29(24)25(31)22(38-27)15-18-8-7-9-19(14-18)30(33)34/h5-11,14-16,24H,12-13H2,1-4H3/b22-15+/t24-/m1/s1. The van der Waals surface area contributed by atoms with Crippen molar-refractivity contribution in [3.8, 4) is 5.75 Å². The van der Waals surface area contributed by atoms with Gasteiger partial charge in [-0.25, -0.2) is 9.79 Å². The Hall–Kier alpha value is -4.09. The Morgan fingerprint density at radius 2 is 1.97 bits per heavy atom. The van der Waals surface area contributed by atoms with Crippen molar-refractivity contribution in [3.63, 3.8) is 0 Å². The average Bonchev–Trinajstić information content (AvgIpc) is 3.17. The SMILES string of the molecule is COCCOC(=O)C1=C(C)N=c2s/c(=C/c3cccc([N+](=O)[O-])c3)c(=O)n2[C@@H]1c1ccccc1OC(C)C. The van der Waals surface area contributed by atoms with Crippen LogP contribution in [0.4, 0.5) is 5.69 Å². The number of hydrogen-bond donors (Lipinski definition) is 0. The van der Waals surface area contributed by atoms with Crippen LogP contribution in [0.1, 0.15) is 37.9 Å². The quantitative estimate of drug-likeness (QED) is 0.178. The Labute approximate surface area is 222 Å². The van der Waals surface area contributed by atoms with Crippen molar-refractivity contribution in [1.82, 2.24) is 4.57 Å². The van der Waals surface area contributed by atoms with Crippen LogP contribution in [-0.2, 0) is 14.3 Å². The minimum absolute atomic E-state index is 0.0418. The molecule has 3 aromatic rings. The highest BCUT2D eigenvalue weighted by Gasteiger charge is 2.35. The fraction of sp³-hybridized carbons (Fsp3) is 0.296. The summed E-state index contributed by atoms with van der Waals surface area (Å²) in [7, 11) is 1.51. The van der Waals surface area contributed by atoms with Crippen LogP contribution in [0.5, 0.6) is 5.75 Å². The summed E-state index contributed by atoms with van der Waals surface area (Å²) in [5, 5.41) is 11.2. The largest absolute Gasteiger partial charge is 0.491 e. The summed E-state index contributed by atoms with van der Waals surface area (Å²) in [6.45, 7) is 5.74. The van der Waals surface area contributed by atoms with Crippen LogP contribution in [0.15, 0.2) is 69.6 Å². The molecule has 10 nitrogen and oxygen atoms in total. The number of carbonyl (C=O) groups is 1. The van der Waals surface area contributed by atoms with Gasteiger partial charge in [0.15, 0.2) is 4.80 Å². The first-order chi connectivity index (χ1) is 18.2. The number of benzene rings is 2. The first-order valence-corrected chi connectivity index (χ1v) is 12.7. The molecule has 4 rings (SSSR count). The van der Waals surface area contributed by atoms with Gasteiger partial charge in [-0.15, -0.1) is 0 Å². The number of fused-ring (bicyclic) bond motifs is 1. The van der Waals surface area contributed by atoms with Crippen molar-refractivity contribution in [2.45, 2.75) is 32.9 Å². The second-order valence-electron chi connectivity index (χ2n) is 8.77. The number of hydrogen-bond acceptors (Lipinski definition) is 9. The van der Waals surface area contributed by atoms with Gasteiger partial charge in [0.1, 0.15) is 18.4 Å². The van der Waals surface area contributed by atoms with E-state index in [9.17, 15) is 19.7 Å². The van der Waals surface area contributed by atoms with Crippen molar-refractivity contribution < 1.29 is 23.9 Å². The van der Waals surface area contributed by atoms with Crippen molar-refractivity contribution >= 4 is 29.1 Å². The molecule has 1 atom stereocenters. The number of rotatable bonds is 9. The molecule has 0 N–H and O–H groups in total. The van der Waals surface area contributed by atoms with E-state index in [0.29, 0.717) is 31.9 Å². The molecular weight excluding hydrogens is 510 g/mol. The Kier molecular flexibility index (Phi) is 8.18.